The van der Waals surface area contributed by atoms with Crippen LogP contribution in [-0.4, -0.2) is 29.6 Å². The maximum absolute atomic E-state index is 12.4. The second-order valence-corrected chi connectivity index (χ2v) is 7.57. The molecule has 0 aliphatic carbocycles. The first-order chi connectivity index (χ1) is 11.8. The number of nitrogens with zero attached hydrogens (tertiary/aromatic N) is 2. The summed E-state index contributed by atoms with van der Waals surface area (Å²) in [6, 6.07) is 9.62. The molecule has 0 radical (unpaired) electrons. The maximum atomic E-state index is 12.4. The predicted molar refractivity (Wildman–Crippen MR) is 99.9 cm³/mol. The fraction of sp³-hybridized carbons (Fsp3) is 0.316. The topological polar surface area (TPSA) is 75.8 Å². The van der Waals surface area contributed by atoms with E-state index < -0.39 is 5.54 Å². The Labute approximate surface area is 151 Å². The minimum Gasteiger partial charge on any atom is -0.369 e. The molecule has 1 atom stereocenters. The SMILES string of the molecule is Cc1csc(C(=O)Cc2cccc(C3(C)CC(=O)N(C)C(N)=N3)c2)c1. The summed E-state index contributed by atoms with van der Waals surface area (Å²) in [5.41, 5.74) is 8.09. The van der Waals surface area contributed by atoms with Crippen LogP contribution in [0, 0.1) is 6.92 Å². The van der Waals surface area contributed by atoms with Gasteiger partial charge in [0, 0.05) is 13.5 Å². The molecule has 0 fully saturated rings. The molecule has 3 rings (SSSR count). The normalized spacial score (nSPS) is 20.5. The molecule has 1 aromatic heterocycles. The molecule has 0 bridgehead atoms. The smallest absolute Gasteiger partial charge is 0.231 e. The number of guanidine groups is 1. The summed E-state index contributed by atoms with van der Waals surface area (Å²) in [5.74, 6) is 0.253. The Kier molecular flexibility index (Phi) is 4.47. The fourth-order valence-electron chi connectivity index (χ4n) is 2.94. The molecule has 2 aromatic rings. The quantitative estimate of drug-likeness (QED) is 0.857. The lowest BCUT2D eigenvalue weighted by Gasteiger charge is -2.33. The number of carbonyl (C=O) groups excluding carboxylic acids is 2. The van der Waals surface area contributed by atoms with Gasteiger partial charge in [0.2, 0.25) is 5.91 Å². The summed E-state index contributed by atoms with van der Waals surface area (Å²) in [5, 5.41) is 1.98. The van der Waals surface area contributed by atoms with E-state index in [4.69, 9.17) is 5.73 Å². The molecule has 0 spiro atoms. The summed E-state index contributed by atoms with van der Waals surface area (Å²) in [4.78, 5) is 31.3. The number of aryl methyl sites for hydroxylation is 1. The van der Waals surface area contributed by atoms with Gasteiger partial charge in [0.05, 0.1) is 16.8 Å². The highest BCUT2D eigenvalue weighted by molar-refractivity contribution is 7.12. The first kappa shape index (κ1) is 17.4. The average Bonchev–Trinajstić information content (AvgIpc) is 2.99. The van der Waals surface area contributed by atoms with E-state index in [1.807, 2.05) is 49.6 Å². The Balaban J connectivity index is 1.87. The zero-order valence-corrected chi connectivity index (χ0v) is 15.4. The third kappa shape index (κ3) is 3.49. The second-order valence-electron chi connectivity index (χ2n) is 6.66. The molecule has 2 heterocycles. The first-order valence-corrected chi connectivity index (χ1v) is 8.96. The molecule has 5 nitrogen and oxygen atoms in total. The Bertz CT molecular complexity index is 871. The van der Waals surface area contributed by atoms with Gasteiger partial charge in [0.15, 0.2) is 11.7 Å². The molecule has 0 saturated heterocycles. The van der Waals surface area contributed by atoms with Gasteiger partial charge in [-0.05, 0) is 42.0 Å². The van der Waals surface area contributed by atoms with E-state index in [0.29, 0.717) is 6.42 Å². The predicted octanol–water partition coefficient (Wildman–Crippen LogP) is 2.87. The van der Waals surface area contributed by atoms with Crippen LogP contribution in [0.4, 0.5) is 0 Å². The summed E-state index contributed by atoms with van der Waals surface area (Å²) in [6.07, 6.45) is 0.586. The number of rotatable bonds is 4. The average molecular weight is 355 g/mol. The number of aliphatic imine (C=N–C) groups is 1. The lowest BCUT2D eigenvalue weighted by atomic mass is 9.86. The Morgan fingerprint density at radius 2 is 2.16 bits per heavy atom. The van der Waals surface area contributed by atoms with Crippen LogP contribution in [0.1, 0.15) is 39.7 Å². The summed E-state index contributed by atoms with van der Waals surface area (Å²) < 4.78 is 0. The molecule has 6 heteroatoms. The Morgan fingerprint density at radius 1 is 1.40 bits per heavy atom. The molecule has 0 saturated carbocycles. The molecule has 2 N–H and O–H groups in total. The van der Waals surface area contributed by atoms with Crippen LogP contribution < -0.4 is 5.73 Å². The van der Waals surface area contributed by atoms with Gasteiger partial charge in [-0.1, -0.05) is 24.3 Å². The van der Waals surface area contributed by atoms with Crippen LogP contribution >= 0.6 is 11.3 Å². The molecule has 130 valence electrons. The number of hydrogen-bond acceptors (Lipinski definition) is 5. The van der Waals surface area contributed by atoms with Crippen molar-refractivity contribution in [3.05, 3.63) is 57.3 Å². The maximum Gasteiger partial charge on any atom is 0.231 e. The minimum atomic E-state index is -0.702. The van der Waals surface area contributed by atoms with Gasteiger partial charge in [0.1, 0.15) is 0 Å². The van der Waals surface area contributed by atoms with E-state index in [2.05, 4.69) is 4.99 Å². The molecule has 25 heavy (non-hydrogen) atoms. The van der Waals surface area contributed by atoms with Gasteiger partial charge >= 0.3 is 0 Å². The van der Waals surface area contributed by atoms with Crippen LogP contribution in [-0.2, 0) is 16.8 Å². The Hall–Kier alpha value is -2.47. The van der Waals surface area contributed by atoms with E-state index in [1.54, 1.807) is 7.05 Å². The number of ketones is 1. The van der Waals surface area contributed by atoms with Gasteiger partial charge < -0.3 is 5.73 Å². The van der Waals surface area contributed by atoms with Crippen molar-refractivity contribution in [2.24, 2.45) is 10.7 Å². The highest BCUT2D eigenvalue weighted by Crippen LogP contribution is 2.33. The van der Waals surface area contributed by atoms with E-state index >= 15 is 0 Å². The van der Waals surface area contributed by atoms with Crippen molar-refractivity contribution in [1.29, 1.82) is 0 Å². The number of thiophene rings is 1. The van der Waals surface area contributed by atoms with Crippen molar-refractivity contribution in [1.82, 2.24) is 4.90 Å². The lowest BCUT2D eigenvalue weighted by Crippen LogP contribution is -2.47. The molecule has 1 amide bonds. The van der Waals surface area contributed by atoms with E-state index in [9.17, 15) is 9.59 Å². The fourth-order valence-corrected chi connectivity index (χ4v) is 3.78. The van der Waals surface area contributed by atoms with Crippen LogP contribution in [0.15, 0.2) is 40.7 Å². The molecular formula is C19H21N3O2S. The largest absolute Gasteiger partial charge is 0.369 e. The lowest BCUT2D eigenvalue weighted by molar-refractivity contribution is -0.128. The summed E-state index contributed by atoms with van der Waals surface area (Å²) in [6.45, 7) is 3.88. The van der Waals surface area contributed by atoms with Crippen molar-refractivity contribution >= 4 is 29.0 Å². The van der Waals surface area contributed by atoms with Crippen molar-refractivity contribution in [2.45, 2.75) is 32.2 Å². The molecule has 1 unspecified atom stereocenters. The van der Waals surface area contributed by atoms with Crippen LogP contribution in [0.25, 0.3) is 0 Å². The van der Waals surface area contributed by atoms with Gasteiger partial charge in [-0.3, -0.25) is 14.5 Å². The zero-order chi connectivity index (χ0) is 18.2. The van der Waals surface area contributed by atoms with Crippen molar-refractivity contribution < 1.29 is 9.59 Å². The van der Waals surface area contributed by atoms with Crippen LogP contribution in [0.3, 0.4) is 0 Å². The van der Waals surface area contributed by atoms with E-state index in [1.165, 1.54) is 16.2 Å². The van der Waals surface area contributed by atoms with Crippen LogP contribution in [0.5, 0.6) is 0 Å². The highest BCUT2D eigenvalue weighted by atomic mass is 32.1. The van der Waals surface area contributed by atoms with Gasteiger partial charge in [-0.25, -0.2) is 4.99 Å². The summed E-state index contributed by atoms with van der Waals surface area (Å²) in [7, 11) is 1.62. The second kappa shape index (κ2) is 6.44. The number of nitrogens with two attached hydrogens (primary N) is 1. The third-order valence-corrected chi connectivity index (χ3v) is 5.58. The minimum absolute atomic E-state index is 0.0643. The number of Topliss-reactive ketones (excluding diaryl/α,β-unsaturated/α-hetero) is 1. The third-order valence-electron chi connectivity index (χ3n) is 4.49. The number of benzene rings is 1. The number of amides is 1. The molecule has 1 aliphatic heterocycles. The monoisotopic (exact) mass is 355 g/mol. The van der Waals surface area contributed by atoms with Crippen molar-refractivity contribution in [3.8, 4) is 0 Å². The summed E-state index contributed by atoms with van der Waals surface area (Å²) >= 11 is 1.47. The van der Waals surface area contributed by atoms with Crippen molar-refractivity contribution in [3.63, 3.8) is 0 Å². The molecular weight excluding hydrogens is 334 g/mol. The van der Waals surface area contributed by atoms with Gasteiger partial charge in [-0.2, -0.15) is 0 Å². The first-order valence-electron chi connectivity index (χ1n) is 8.08. The van der Waals surface area contributed by atoms with Gasteiger partial charge in [-0.15, -0.1) is 11.3 Å². The standard InChI is InChI=1S/C19H21N3O2S/c1-12-7-16(25-11-12)15(23)9-13-5-4-6-14(8-13)19(2)10-17(24)22(3)18(20)21-19/h4-8,11H,9-10H2,1-3H3,(H2,20,21). The Morgan fingerprint density at radius 3 is 2.80 bits per heavy atom. The zero-order valence-electron chi connectivity index (χ0n) is 14.6. The molecule has 1 aromatic carbocycles. The number of hydrogen-bond donors (Lipinski definition) is 1. The van der Waals surface area contributed by atoms with E-state index in [-0.39, 0.29) is 24.1 Å². The highest BCUT2D eigenvalue weighted by Gasteiger charge is 2.36. The number of carbonyl (C=O) groups is 2. The van der Waals surface area contributed by atoms with Crippen LogP contribution in [0.2, 0.25) is 0 Å². The van der Waals surface area contributed by atoms with Crippen molar-refractivity contribution in [2.75, 3.05) is 7.05 Å². The van der Waals surface area contributed by atoms with Gasteiger partial charge in [0.25, 0.3) is 0 Å². The van der Waals surface area contributed by atoms with E-state index in [0.717, 1.165) is 21.6 Å². The molecule has 1 aliphatic rings.